The van der Waals surface area contributed by atoms with Crippen LogP contribution < -0.4 is 0 Å². The highest BCUT2D eigenvalue weighted by Gasteiger charge is 2.26. The Labute approximate surface area is 135 Å². The predicted octanol–water partition coefficient (Wildman–Crippen LogP) is 3.31. The summed E-state index contributed by atoms with van der Waals surface area (Å²) in [5, 5.41) is 3.13. The van der Waals surface area contributed by atoms with Crippen molar-refractivity contribution < 1.29 is 9.15 Å². The largest absolute Gasteiger partial charge is 0.444 e. The summed E-state index contributed by atoms with van der Waals surface area (Å²) in [7, 11) is 0. The van der Waals surface area contributed by atoms with E-state index < -0.39 is 0 Å². The summed E-state index contributed by atoms with van der Waals surface area (Å²) in [4.78, 5) is 11.3. The zero-order valence-electron chi connectivity index (χ0n) is 13.6. The Bertz CT molecular complexity index is 629. The summed E-state index contributed by atoms with van der Waals surface area (Å²) in [5.74, 6) is 1.71. The standard InChI is InChI=1S/C16H23N3O2S/c1-11-10-22-15(18-11)12-8-19(5-6-20-12)9-14-17-7-13(21-14)16(2,3)4/h7,10,12H,5-6,8-9H2,1-4H3/t12-/m0/s1. The molecule has 0 aliphatic carbocycles. The lowest BCUT2D eigenvalue weighted by Crippen LogP contribution is -2.37. The van der Waals surface area contributed by atoms with Crippen molar-refractivity contribution in [1.82, 2.24) is 14.9 Å². The third-order valence-corrected chi connectivity index (χ3v) is 4.77. The minimum Gasteiger partial charge on any atom is -0.444 e. The quantitative estimate of drug-likeness (QED) is 0.868. The van der Waals surface area contributed by atoms with E-state index >= 15 is 0 Å². The summed E-state index contributed by atoms with van der Waals surface area (Å²) in [6, 6.07) is 0. The molecule has 1 aliphatic rings. The van der Waals surface area contributed by atoms with Crippen molar-refractivity contribution in [3.63, 3.8) is 0 Å². The molecule has 0 saturated carbocycles. The lowest BCUT2D eigenvalue weighted by atomic mass is 9.94. The van der Waals surface area contributed by atoms with Crippen LogP contribution in [0, 0.1) is 6.92 Å². The van der Waals surface area contributed by atoms with E-state index in [1.807, 2.05) is 13.1 Å². The molecule has 0 aromatic carbocycles. The minimum atomic E-state index is -0.00277. The summed E-state index contributed by atoms with van der Waals surface area (Å²) >= 11 is 1.67. The Morgan fingerprint density at radius 3 is 2.86 bits per heavy atom. The molecule has 1 fully saturated rings. The van der Waals surface area contributed by atoms with E-state index in [1.165, 1.54) is 0 Å². The number of ether oxygens (including phenoxy) is 1. The Morgan fingerprint density at radius 1 is 1.41 bits per heavy atom. The first kappa shape index (κ1) is 15.6. The molecular formula is C16H23N3O2S. The van der Waals surface area contributed by atoms with Crippen LogP contribution in [0.25, 0.3) is 0 Å². The molecule has 0 N–H and O–H groups in total. The van der Waals surface area contributed by atoms with Gasteiger partial charge in [-0.15, -0.1) is 11.3 Å². The molecular weight excluding hydrogens is 298 g/mol. The number of aryl methyl sites for hydroxylation is 1. The number of rotatable bonds is 3. The van der Waals surface area contributed by atoms with Gasteiger partial charge in [-0.25, -0.2) is 9.97 Å². The van der Waals surface area contributed by atoms with Gasteiger partial charge in [-0.05, 0) is 6.92 Å². The van der Waals surface area contributed by atoms with E-state index in [2.05, 4.69) is 41.0 Å². The van der Waals surface area contributed by atoms with Gasteiger partial charge in [0.2, 0.25) is 5.89 Å². The van der Waals surface area contributed by atoms with Crippen LogP contribution in [0.5, 0.6) is 0 Å². The summed E-state index contributed by atoms with van der Waals surface area (Å²) in [6.07, 6.45) is 1.90. The smallest absolute Gasteiger partial charge is 0.208 e. The predicted molar refractivity (Wildman–Crippen MR) is 86.0 cm³/mol. The Balaban J connectivity index is 1.64. The summed E-state index contributed by atoms with van der Waals surface area (Å²) in [6.45, 7) is 11.6. The van der Waals surface area contributed by atoms with Gasteiger partial charge in [-0.3, -0.25) is 4.90 Å². The van der Waals surface area contributed by atoms with E-state index in [0.717, 1.165) is 48.6 Å². The second kappa shape index (κ2) is 6.10. The van der Waals surface area contributed by atoms with Crippen molar-refractivity contribution in [2.75, 3.05) is 19.7 Å². The maximum absolute atomic E-state index is 5.89. The molecule has 3 heterocycles. The molecule has 1 aliphatic heterocycles. The van der Waals surface area contributed by atoms with Gasteiger partial charge in [0, 0.05) is 29.6 Å². The van der Waals surface area contributed by atoms with Gasteiger partial charge >= 0.3 is 0 Å². The Morgan fingerprint density at radius 2 is 2.23 bits per heavy atom. The molecule has 3 rings (SSSR count). The molecule has 120 valence electrons. The van der Waals surface area contributed by atoms with Crippen LogP contribution in [0.15, 0.2) is 16.0 Å². The maximum atomic E-state index is 5.89. The average Bonchev–Trinajstić information content (AvgIpc) is 3.08. The number of nitrogens with zero attached hydrogens (tertiary/aromatic N) is 3. The molecule has 2 aromatic rings. The first-order valence-electron chi connectivity index (χ1n) is 7.63. The zero-order chi connectivity index (χ0) is 15.7. The van der Waals surface area contributed by atoms with Crippen LogP contribution in [0.4, 0.5) is 0 Å². The van der Waals surface area contributed by atoms with Gasteiger partial charge in [-0.2, -0.15) is 0 Å². The molecule has 0 unspecified atom stereocenters. The van der Waals surface area contributed by atoms with E-state index in [4.69, 9.17) is 9.15 Å². The SMILES string of the molecule is Cc1csc([C@@H]2CN(Cc3ncc(C(C)(C)C)o3)CCO2)n1. The number of aromatic nitrogens is 2. The molecule has 1 saturated heterocycles. The number of hydrogen-bond acceptors (Lipinski definition) is 6. The minimum absolute atomic E-state index is 0.00277. The monoisotopic (exact) mass is 321 g/mol. The highest BCUT2D eigenvalue weighted by molar-refractivity contribution is 7.09. The van der Waals surface area contributed by atoms with Crippen LogP contribution in [0.2, 0.25) is 0 Å². The van der Waals surface area contributed by atoms with Crippen molar-refractivity contribution in [2.24, 2.45) is 0 Å². The summed E-state index contributed by atoms with van der Waals surface area (Å²) < 4.78 is 11.7. The Hall–Kier alpha value is -1.24. The molecule has 0 bridgehead atoms. The van der Waals surface area contributed by atoms with Crippen LogP contribution in [0.1, 0.15) is 49.2 Å². The molecule has 2 aromatic heterocycles. The molecule has 0 spiro atoms. The third kappa shape index (κ3) is 3.56. The van der Waals surface area contributed by atoms with E-state index in [-0.39, 0.29) is 11.5 Å². The maximum Gasteiger partial charge on any atom is 0.208 e. The fraction of sp³-hybridized carbons (Fsp3) is 0.625. The normalized spacial score (nSPS) is 20.5. The molecule has 0 radical (unpaired) electrons. The Kier molecular flexibility index (Phi) is 4.34. The lowest BCUT2D eigenvalue weighted by Gasteiger charge is -2.31. The first-order chi connectivity index (χ1) is 10.4. The van der Waals surface area contributed by atoms with Gasteiger partial charge in [0.25, 0.3) is 0 Å². The zero-order valence-corrected chi connectivity index (χ0v) is 14.4. The lowest BCUT2D eigenvalue weighted by molar-refractivity contribution is -0.0354. The van der Waals surface area contributed by atoms with Gasteiger partial charge in [0.1, 0.15) is 16.9 Å². The van der Waals surface area contributed by atoms with E-state index in [0.29, 0.717) is 0 Å². The van der Waals surface area contributed by atoms with Crippen LogP contribution in [-0.2, 0) is 16.7 Å². The van der Waals surface area contributed by atoms with Gasteiger partial charge in [0.05, 0.1) is 19.3 Å². The number of oxazole rings is 1. The van der Waals surface area contributed by atoms with Crippen molar-refractivity contribution in [2.45, 2.75) is 45.8 Å². The topological polar surface area (TPSA) is 51.4 Å². The van der Waals surface area contributed by atoms with Crippen LogP contribution in [-0.4, -0.2) is 34.6 Å². The molecule has 5 nitrogen and oxygen atoms in total. The molecule has 6 heteroatoms. The third-order valence-electron chi connectivity index (χ3n) is 3.71. The first-order valence-corrected chi connectivity index (χ1v) is 8.51. The average molecular weight is 321 g/mol. The van der Waals surface area contributed by atoms with Crippen LogP contribution >= 0.6 is 11.3 Å². The van der Waals surface area contributed by atoms with Crippen molar-refractivity contribution in [1.29, 1.82) is 0 Å². The number of hydrogen-bond donors (Lipinski definition) is 0. The number of morpholine rings is 1. The van der Waals surface area contributed by atoms with Gasteiger partial charge < -0.3 is 9.15 Å². The fourth-order valence-corrected chi connectivity index (χ4v) is 3.27. The van der Waals surface area contributed by atoms with Crippen molar-refractivity contribution in [3.05, 3.63) is 33.9 Å². The fourth-order valence-electron chi connectivity index (χ4n) is 2.44. The van der Waals surface area contributed by atoms with E-state index in [9.17, 15) is 0 Å². The van der Waals surface area contributed by atoms with Crippen molar-refractivity contribution >= 4 is 11.3 Å². The van der Waals surface area contributed by atoms with E-state index in [1.54, 1.807) is 11.3 Å². The van der Waals surface area contributed by atoms with Gasteiger partial charge in [0.15, 0.2) is 0 Å². The molecule has 1 atom stereocenters. The molecule has 0 amide bonds. The highest BCUT2D eigenvalue weighted by Crippen LogP contribution is 2.27. The highest BCUT2D eigenvalue weighted by atomic mass is 32.1. The second-order valence-corrected chi connectivity index (χ2v) is 7.68. The summed E-state index contributed by atoms with van der Waals surface area (Å²) in [5.41, 5.74) is 1.06. The van der Waals surface area contributed by atoms with Gasteiger partial charge in [-0.1, -0.05) is 20.8 Å². The number of thiazole rings is 1. The van der Waals surface area contributed by atoms with Crippen molar-refractivity contribution in [3.8, 4) is 0 Å². The molecule has 22 heavy (non-hydrogen) atoms. The second-order valence-electron chi connectivity index (χ2n) is 6.79. The van der Waals surface area contributed by atoms with Crippen LogP contribution in [0.3, 0.4) is 0 Å².